The first-order chi connectivity index (χ1) is 9.51. The lowest BCUT2D eigenvalue weighted by Gasteiger charge is -2.27. The van der Waals surface area contributed by atoms with Gasteiger partial charge < -0.3 is 15.3 Å². The first-order valence-corrected chi connectivity index (χ1v) is 6.73. The summed E-state index contributed by atoms with van der Waals surface area (Å²) in [5.74, 6) is 1.20. The number of anilines is 2. The molecule has 2 N–H and O–H groups in total. The molecular formula is C13H22F2N4O. The zero-order chi connectivity index (χ0) is 15.1. The fourth-order valence-electron chi connectivity index (χ4n) is 2.05. The van der Waals surface area contributed by atoms with E-state index in [2.05, 4.69) is 15.3 Å². The molecule has 1 rings (SSSR count). The molecule has 0 bridgehead atoms. The topological polar surface area (TPSA) is 61.3 Å². The number of aromatic nitrogens is 2. The van der Waals surface area contributed by atoms with Crippen molar-refractivity contribution >= 4 is 11.6 Å². The second-order valence-corrected chi connectivity index (χ2v) is 4.71. The lowest BCUT2D eigenvalue weighted by Crippen LogP contribution is -2.33. The van der Waals surface area contributed by atoms with Crippen molar-refractivity contribution in [2.75, 3.05) is 36.5 Å². The van der Waals surface area contributed by atoms with Gasteiger partial charge in [-0.2, -0.15) is 0 Å². The van der Waals surface area contributed by atoms with Crippen LogP contribution in [0.1, 0.15) is 32.3 Å². The highest BCUT2D eigenvalue weighted by Gasteiger charge is 2.21. The Morgan fingerprint density at radius 1 is 1.35 bits per heavy atom. The molecular weight excluding hydrogens is 266 g/mol. The van der Waals surface area contributed by atoms with Gasteiger partial charge in [0.25, 0.3) is 6.43 Å². The molecule has 0 saturated heterocycles. The lowest BCUT2D eigenvalue weighted by atomic mass is 10.0. The molecule has 0 radical (unpaired) electrons. The Hall–Kier alpha value is -1.50. The minimum Gasteiger partial charge on any atom is -0.395 e. The maximum Gasteiger partial charge on any atom is 0.255 e. The van der Waals surface area contributed by atoms with Gasteiger partial charge in [0.1, 0.15) is 18.0 Å². The normalized spacial score (nSPS) is 11.2. The molecule has 0 atom stereocenters. The Labute approximate surface area is 118 Å². The average molecular weight is 288 g/mol. The van der Waals surface area contributed by atoms with Gasteiger partial charge in [-0.3, -0.25) is 0 Å². The minimum atomic E-state index is -2.49. The van der Waals surface area contributed by atoms with Gasteiger partial charge in [-0.05, 0) is 12.8 Å². The van der Waals surface area contributed by atoms with E-state index in [9.17, 15) is 8.78 Å². The molecule has 1 aromatic heterocycles. The second kappa shape index (κ2) is 7.94. The Morgan fingerprint density at radius 3 is 2.55 bits per heavy atom. The largest absolute Gasteiger partial charge is 0.395 e. The second-order valence-electron chi connectivity index (χ2n) is 4.71. The van der Waals surface area contributed by atoms with Crippen LogP contribution < -0.4 is 10.2 Å². The van der Waals surface area contributed by atoms with E-state index in [1.165, 1.54) is 11.2 Å². The van der Waals surface area contributed by atoms with Crippen molar-refractivity contribution in [2.24, 2.45) is 0 Å². The number of alkyl halides is 2. The van der Waals surface area contributed by atoms with E-state index in [0.717, 1.165) is 5.56 Å². The molecule has 7 heteroatoms. The molecule has 20 heavy (non-hydrogen) atoms. The number of aliphatic hydroxyl groups excluding tert-OH is 1. The molecule has 0 spiro atoms. The monoisotopic (exact) mass is 288 g/mol. The van der Waals surface area contributed by atoms with E-state index in [1.807, 2.05) is 20.8 Å². The van der Waals surface area contributed by atoms with Crippen LogP contribution in [-0.4, -0.2) is 47.7 Å². The summed E-state index contributed by atoms with van der Waals surface area (Å²) in [6.45, 7) is 6.01. The standard InChI is InChI=1S/C13H22F2N4O/c1-4-16-12-11(9(2)3)13(18-8-17-12)19(5-6-20)7-10(14)15/h8-10,20H,4-7H2,1-3H3,(H,16,17,18). The lowest BCUT2D eigenvalue weighted by molar-refractivity contribution is 0.152. The molecule has 5 nitrogen and oxygen atoms in total. The summed E-state index contributed by atoms with van der Waals surface area (Å²) in [4.78, 5) is 9.72. The summed E-state index contributed by atoms with van der Waals surface area (Å²) in [6, 6.07) is 0. The molecule has 114 valence electrons. The van der Waals surface area contributed by atoms with Crippen LogP contribution in [0.5, 0.6) is 0 Å². The van der Waals surface area contributed by atoms with E-state index in [1.54, 1.807) is 0 Å². The van der Waals surface area contributed by atoms with E-state index < -0.39 is 13.0 Å². The molecule has 0 fully saturated rings. The first kappa shape index (κ1) is 16.6. The van der Waals surface area contributed by atoms with E-state index in [-0.39, 0.29) is 19.1 Å². The molecule has 0 amide bonds. The number of rotatable bonds is 8. The van der Waals surface area contributed by atoms with Crippen molar-refractivity contribution in [2.45, 2.75) is 33.1 Å². The van der Waals surface area contributed by atoms with E-state index in [0.29, 0.717) is 18.2 Å². The van der Waals surface area contributed by atoms with Gasteiger partial charge in [0, 0.05) is 18.7 Å². The van der Waals surface area contributed by atoms with Crippen molar-refractivity contribution < 1.29 is 13.9 Å². The molecule has 1 aromatic rings. The predicted octanol–water partition coefficient (Wildman–Crippen LogP) is 2.10. The molecule has 0 aliphatic heterocycles. The maximum atomic E-state index is 12.7. The summed E-state index contributed by atoms with van der Waals surface area (Å²) in [5.41, 5.74) is 0.795. The third kappa shape index (κ3) is 4.26. The zero-order valence-electron chi connectivity index (χ0n) is 12.1. The first-order valence-electron chi connectivity index (χ1n) is 6.73. The Bertz CT molecular complexity index is 415. The van der Waals surface area contributed by atoms with Gasteiger partial charge in [-0.1, -0.05) is 13.8 Å². The van der Waals surface area contributed by atoms with Crippen molar-refractivity contribution in [3.8, 4) is 0 Å². The average Bonchev–Trinajstić information content (AvgIpc) is 2.37. The minimum absolute atomic E-state index is 0.0825. The van der Waals surface area contributed by atoms with Crippen LogP contribution in [0.4, 0.5) is 20.4 Å². The third-order valence-corrected chi connectivity index (χ3v) is 2.81. The van der Waals surface area contributed by atoms with Gasteiger partial charge in [0.15, 0.2) is 0 Å². The SMILES string of the molecule is CCNc1ncnc(N(CCO)CC(F)F)c1C(C)C. The maximum absolute atomic E-state index is 12.7. The number of aliphatic hydroxyl groups is 1. The molecule has 0 unspecified atom stereocenters. The zero-order valence-corrected chi connectivity index (χ0v) is 12.1. The molecule has 0 aromatic carbocycles. The van der Waals surface area contributed by atoms with Crippen LogP contribution in [0.3, 0.4) is 0 Å². The highest BCUT2D eigenvalue weighted by atomic mass is 19.3. The number of hydrogen-bond donors (Lipinski definition) is 2. The van der Waals surface area contributed by atoms with Crippen LogP contribution in [0.2, 0.25) is 0 Å². The molecule has 0 aliphatic rings. The van der Waals surface area contributed by atoms with Crippen LogP contribution in [-0.2, 0) is 0 Å². The molecule has 0 saturated carbocycles. The van der Waals surface area contributed by atoms with Crippen molar-refractivity contribution in [1.82, 2.24) is 9.97 Å². The van der Waals surface area contributed by atoms with Crippen molar-refractivity contribution in [1.29, 1.82) is 0 Å². The van der Waals surface area contributed by atoms with Crippen LogP contribution in [0.25, 0.3) is 0 Å². The Kier molecular flexibility index (Phi) is 6.57. The summed E-state index contributed by atoms with van der Waals surface area (Å²) in [7, 11) is 0. The molecule has 1 heterocycles. The number of halogens is 2. The third-order valence-electron chi connectivity index (χ3n) is 2.81. The fraction of sp³-hybridized carbons (Fsp3) is 0.692. The summed E-state index contributed by atoms with van der Waals surface area (Å²) in [6.07, 6.45) is -1.13. The van der Waals surface area contributed by atoms with Crippen LogP contribution in [0.15, 0.2) is 6.33 Å². The van der Waals surface area contributed by atoms with E-state index >= 15 is 0 Å². The Balaban J connectivity index is 3.21. The highest BCUT2D eigenvalue weighted by molar-refractivity contribution is 5.60. The van der Waals surface area contributed by atoms with Gasteiger partial charge in [0.2, 0.25) is 0 Å². The summed E-state index contributed by atoms with van der Waals surface area (Å²) in [5, 5.41) is 12.2. The fourth-order valence-corrected chi connectivity index (χ4v) is 2.05. The van der Waals surface area contributed by atoms with Gasteiger partial charge >= 0.3 is 0 Å². The number of hydrogen-bond acceptors (Lipinski definition) is 5. The Morgan fingerprint density at radius 2 is 2.05 bits per heavy atom. The molecule has 0 aliphatic carbocycles. The van der Waals surface area contributed by atoms with Crippen molar-refractivity contribution in [3.05, 3.63) is 11.9 Å². The highest BCUT2D eigenvalue weighted by Crippen LogP contribution is 2.30. The smallest absolute Gasteiger partial charge is 0.255 e. The van der Waals surface area contributed by atoms with E-state index in [4.69, 9.17) is 5.11 Å². The summed E-state index contributed by atoms with van der Waals surface area (Å²) < 4.78 is 25.4. The van der Waals surface area contributed by atoms with Crippen LogP contribution in [0, 0.1) is 0 Å². The van der Waals surface area contributed by atoms with Crippen LogP contribution >= 0.6 is 0 Å². The van der Waals surface area contributed by atoms with Gasteiger partial charge in [-0.25, -0.2) is 18.7 Å². The van der Waals surface area contributed by atoms with Gasteiger partial charge in [0.05, 0.1) is 13.2 Å². The number of nitrogens with zero attached hydrogens (tertiary/aromatic N) is 3. The van der Waals surface area contributed by atoms with Gasteiger partial charge in [-0.15, -0.1) is 0 Å². The predicted molar refractivity (Wildman–Crippen MR) is 75.6 cm³/mol. The summed E-state index contributed by atoms with van der Waals surface area (Å²) >= 11 is 0. The van der Waals surface area contributed by atoms with Crippen molar-refractivity contribution in [3.63, 3.8) is 0 Å². The number of nitrogens with one attached hydrogen (secondary N) is 1. The quantitative estimate of drug-likeness (QED) is 0.767.